The predicted octanol–water partition coefficient (Wildman–Crippen LogP) is 1.13. The molecule has 0 aromatic carbocycles. The zero-order chi connectivity index (χ0) is 9.97. The van der Waals surface area contributed by atoms with Crippen molar-refractivity contribution in [3.8, 4) is 0 Å². The molecule has 0 saturated carbocycles. The Hall–Kier alpha value is -0.870. The summed E-state index contributed by atoms with van der Waals surface area (Å²) in [5.74, 6) is 0. The van der Waals surface area contributed by atoms with E-state index >= 15 is 0 Å². The number of halogens is 1. The highest BCUT2D eigenvalue weighted by Gasteiger charge is 2.23. The molecule has 0 unspecified atom stereocenters. The van der Waals surface area contributed by atoms with Crippen LogP contribution in [0, 0.1) is 0 Å². The molecule has 0 aromatic heterocycles. The fourth-order valence-corrected chi connectivity index (χ4v) is 1.82. The molecular weight excluding hydrogens is 185 g/mol. The number of ether oxygens (including phenoxy) is 2. The summed E-state index contributed by atoms with van der Waals surface area (Å²) in [4.78, 5) is 0. The van der Waals surface area contributed by atoms with Gasteiger partial charge in [-0.3, -0.25) is 0 Å². The topological polar surface area (TPSA) is 30.5 Å². The lowest BCUT2D eigenvalue weighted by Gasteiger charge is -2.21. The van der Waals surface area contributed by atoms with Crippen molar-refractivity contribution in [3.63, 3.8) is 0 Å². The van der Waals surface area contributed by atoms with E-state index in [1.807, 2.05) is 0 Å². The highest BCUT2D eigenvalue weighted by molar-refractivity contribution is 5.35. The Kier molecular flexibility index (Phi) is 2.84. The Morgan fingerprint density at radius 2 is 2.36 bits per heavy atom. The van der Waals surface area contributed by atoms with E-state index in [4.69, 9.17) is 9.47 Å². The van der Waals surface area contributed by atoms with Gasteiger partial charge in [-0.05, 0) is 17.6 Å². The Bertz CT molecular complexity index is 296. The van der Waals surface area contributed by atoms with Crippen molar-refractivity contribution in [2.24, 2.45) is 0 Å². The van der Waals surface area contributed by atoms with Gasteiger partial charge in [-0.1, -0.05) is 0 Å². The van der Waals surface area contributed by atoms with Crippen molar-refractivity contribution in [2.75, 3.05) is 33.6 Å². The van der Waals surface area contributed by atoms with E-state index in [9.17, 15) is 4.39 Å². The van der Waals surface area contributed by atoms with Crippen LogP contribution in [0.3, 0.4) is 0 Å². The molecule has 2 aliphatic heterocycles. The highest BCUT2D eigenvalue weighted by atomic mass is 19.1. The molecule has 0 saturated heterocycles. The molecule has 0 radical (unpaired) electrons. The summed E-state index contributed by atoms with van der Waals surface area (Å²) < 4.78 is 23.0. The van der Waals surface area contributed by atoms with Gasteiger partial charge in [0.1, 0.15) is 6.67 Å². The number of dihydropyridines is 1. The van der Waals surface area contributed by atoms with E-state index < -0.39 is 6.67 Å². The normalized spacial score (nSPS) is 21.3. The van der Waals surface area contributed by atoms with E-state index in [1.54, 1.807) is 7.11 Å². The maximum absolute atomic E-state index is 12.7. The number of alkyl halides is 1. The third-order valence-corrected chi connectivity index (χ3v) is 2.56. The van der Waals surface area contributed by atoms with Gasteiger partial charge < -0.3 is 14.8 Å². The van der Waals surface area contributed by atoms with Gasteiger partial charge in [0, 0.05) is 18.5 Å². The average molecular weight is 199 g/mol. The van der Waals surface area contributed by atoms with Crippen LogP contribution in [0.25, 0.3) is 0 Å². The maximum Gasteiger partial charge on any atom is 0.129 e. The van der Waals surface area contributed by atoms with E-state index in [0.29, 0.717) is 25.5 Å². The van der Waals surface area contributed by atoms with Crippen LogP contribution in [0.2, 0.25) is 0 Å². The first-order chi connectivity index (χ1) is 6.85. The Labute approximate surface area is 82.6 Å². The lowest BCUT2D eigenvalue weighted by molar-refractivity contribution is 0.201. The second kappa shape index (κ2) is 4.11. The zero-order valence-corrected chi connectivity index (χ0v) is 8.23. The number of allylic oxidation sites excluding steroid dienone is 1. The lowest BCUT2D eigenvalue weighted by Crippen LogP contribution is -2.24. The Morgan fingerprint density at radius 3 is 3.07 bits per heavy atom. The third kappa shape index (κ3) is 1.67. The molecule has 0 fully saturated rings. The molecule has 2 rings (SSSR count). The molecule has 78 valence electrons. The van der Waals surface area contributed by atoms with E-state index in [1.165, 1.54) is 5.57 Å². The van der Waals surface area contributed by atoms with Crippen molar-refractivity contribution in [2.45, 2.75) is 6.42 Å². The van der Waals surface area contributed by atoms with Crippen LogP contribution in [-0.4, -0.2) is 33.6 Å². The molecule has 1 N–H and O–H groups in total. The largest absolute Gasteiger partial charge is 0.380 e. The second-order valence-corrected chi connectivity index (χ2v) is 3.53. The van der Waals surface area contributed by atoms with E-state index in [0.717, 1.165) is 17.7 Å². The molecule has 14 heavy (non-hydrogen) atoms. The standard InChI is InChI=1S/C10H14FNO2/c1-13-4-7-2-8-5-14-6-10(8)12-9(7)3-11/h12H,2-6H2,1H3. The molecule has 0 spiro atoms. The van der Waals surface area contributed by atoms with Gasteiger partial charge in [-0.2, -0.15) is 0 Å². The van der Waals surface area contributed by atoms with Gasteiger partial charge in [-0.15, -0.1) is 0 Å². The molecule has 0 aromatic rings. The molecule has 0 aliphatic carbocycles. The number of hydrogen-bond donors (Lipinski definition) is 1. The van der Waals surface area contributed by atoms with Crippen LogP contribution >= 0.6 is 0 Å². The van der Waals surface area contributed by atoms with Gasteiger partial charge in [0.05, 0.1) is 19.8 Å². The monoisotopic (exact) mass is 199 g/mol. The zero-order valence-electron chi connectivity index (χ0n) is 8.23. The van der Waals surface area contributed by atoms with Crippen molar-refractivity contribution in [3.05, 3.63) is 22.5 Å². The molecule has 0 bridgehead atoms. The minimum atomic E-state index is -0.463. The molecule has 2 aliphatic rings. The molecule has 0 atom stereocenters. The summed E-state index contributed by atoms with van der Waals surface area (Å²) in [5, 5.41) is 3.08. The summed E-state index contributed by atoms with van der Waals surface area (Å²) in [7, 11) is 1.62. The first-order valence-corrected chi connectivity index (χ1v) is 4.66. The highest BCUT2D eigenvalue weighted by Crippen LogP contribution is 2.27. The average Bonchev–Trinajstić information content (AvgIpc) is 2.64. The van der Waals surface area contributed by atoms with Crippen LogP contribution in [0.4, 0.5) is 4.39 Å². The molecule has 3 nitrogen and oxygen atoms in total. The van der Waals surface area contributed by atoms with Crippen LogP contribution in [0.5, 0.6) is 0 Å². The fraction of sp³-hybridized carbons (Fsp3) is 0.600. The smallest absolute Gasteiger partial charge is 0.129 e. The van der Waals surface area contributed by atoms with Gasteiger partial charge in [0.25, 0.3) is 0 Å². The third-order valence-electron chi connectivity index (χ3n) is 2.56. The first kappa shape index (κ1) is 9.68. The van der Waals surface area contributed by atoms with Crippen molar-refractivity contribution < 1.29 is 13.9 Å². The predicted molar refractivity (Wildman–Crippen MR) is 50.5 cm³/mol. The lowest BCUT2D eigenvalue weighted by atomic mass is 10.00. The van der Waals surface area contributed by atoms with Crippen molar-refractivity contribution >= 4 is 0 Å². The fourth-order valence-electron chi connectivity index (χ4n) is 1.82. The van der Waals surface area contributed by atoms with Gasteiger partial charge in [0.2, 0.25) is 0 Å². The number of nitrogens with one attached hydrogen (secondary N) is 1. The number of rotatable bonds is 3. The first-order valence-electron chi connectivity index (χ1n) is 4.66. The van der Waals surface area contributed by atoms with Gasteiger partial charge in [0.15, 0.2) is 0 Å². The molecule has 4 heteroatoms. The quantitative estimate of drug-likeness (QED) is 0.739. The van der Waals surface area contributed by atoms with Gasteiger partial charge >= 0.3 is 0 Å². The molecular formula is C10H14FNO2. The van der Waals surface area contributed by atoms with Gasteiger partial charge in [-0.25, -0.2) is 4.39 Å². The molecule has 0 amide bonds. The summed E-state index contributed by atoms with van der Waals surface area (Å²) in [6.45, 7) is 1.27. The van der Waals surface area contributed by atoms with E-state index in [-0.39, 0.29) is 0 Å². The summed E-state index contributed by atoms with van der Waals surface area (Å²) >= 11 is 0. The minimum Gasteiger partial charge on any atom is -0.380 e. The van der Waals surface area contributed by atoms with Crippen LogP contribution in [0.1, 0.15) is 6.42 Å². The second-order valence-electron chi connectivity index (χ2n) is 3.53. The number of hydrogen-bond acceptors (Lipinski definition) is 3. The minimum absolute atomic E-state index is 0.463. The maximum atomic E-state index is 12.7. The van der Waals surface area contributed by atoms with Crippen LogP contribution in [0.15, 0.2) is 22.5 Å². The van der Waals surface area contributed by atoms with Crippen LogP contribution in [-0.2, 0) is 9.47 Å². The van der Waals surface area contributed by atoms with Crippen molar-refractivity contribution in [1.82, 2.24) is 5.32 Å². The van der Waals surface area contributed by atoms with Crippen LogP contribution < -0.4 is 5.32 Å². The summed E-state index contributed by atoms with van der Waals surface area (Å²) in [5.41, 5.74) is 3.92. The summed E-state index contributed by atoms with van der Waals surface area (Å²) in [6, 6.07) is 0. The SMILES string of the molecule is COCC1=C(CF)NC2=C(COC2)C1. The summed E-state index contributed by atoms with van der Waals surface area (Å²) in [6.07, 6.45) is 0.787. The Balaban J connectivity index is 2.13. The Morgan fingerprint density at radius 1 is 1.50 bits per heavy atom. The van der Waals surface area contributed by atoms with E-state index in [2.05, 4.69) is 5.32 Å². The number of methoxy groups -OCH3 is 1. The molecule has 2 heterocycles. The van der Waals surface area contributed by atoms with Crippen molar-refractivity contribution in [1.29, 1.82) is 0 Å².